The van der Waals surface area contributed by atoms with Gasteiger partial charge in [0.15, 0.2) is 0 Å². The van der Waals surface area contributed by atoms with Crippen LogP contribution in [-0.4, -0.2) is 9.55 Å². The van der Waals surface area contributed by atoms with Crippen molar-refractivity contribution in [3.63, 3.8) is 0 Å². The van der Waals surface area contributed by atoms with Gasteiger partial charge in [0.2, 0.25) is 0 Å². The molecule has 0 fully saturated rings. The molecule has 0 saturated heterocycles. The highest BCUT2D eigenvalue weighted by Gasteiger charge is 2.20. The first-order chi connectivity index (χ1) is 15.2. The Morgan fingerprint density at radius 3 is 2.42 bits per heavy atom. The zero-order chi connectivity index (χ0) is 20.9. The number of halogens is 1. The first kappa shape index (κ1) is 17.9. The van der Waals surface area contributed by atoms with Crippen LogP contribution in [0.5, 0.6) is 0 Å². The van der Waals surface area contributed by atoms with Gasteiger partial charge in [-0.1, -0.05) is 48.5 Å². The molecule has 0 bridgehead atoms. The number of furan rings is 1. The van der Waals surface area contributed by atoms with Crippen LogP contribution >= 0.6 is 0 Å². The Labute approximate surface area is 178 Å². The van der Waals surface area contributed by atoms with Crippen LogP contribution in [0.25, 0.3) is 55.5 Å². The van der Waals surface area contributed by atoms with Gasteiger partial charge < -0.3 is 8.98 Å². The SMILES string of the molecule is CCn1c(-c2ccc(-c3ccc(F)cc3)c3c2oc2ccccc23)nc2ccccc21. The quantitative estimate of drug-likeness (QED) is 0.306. The molecule has 0 atom stereocenters. The molecule has 31 heavy (non-hydrogen) atoms. The van der Waals surface area contributed by atoms with Gasteiger partial charge in [-0.2, -0.15) is 0 Å². The average Bonchev–Trinajstić information content (AvgIpc) is 3.38. The van der Waals surface area contributed by atoms with Crippen LogP contribution in [0.1, 0.15) is 6.92 Å². The Morgan fingerprint density at radius 2 is 1.58 bits per heavy atom. The van der Waals surface area contributed by atoms with E-state index in [0.717, 1.165) is 62.0 Å². The minimum Gasteiger partial charge on any atom is -0.455 e. The molecule has 6 rings (SSSR count). The molecule has 0 aliphatic heterocycles. The molecule has 0 spiro atoms. The lowest BCUT2D eigenvalue weighted by Crippen LogP contribution is -1.98. The second-order valence-corrected chi connectivity index (χ2v) is 7.64. The number of fused-ring (bicyclic) bond motifs is 4. The number of hydrogen-bond acceptors (Lipinski definition) is 2. The van der Waals surface area contributed by atoms with Crippen molar-refractivity contribution in [3.8, 4) is 22.5 Å². The fraction of sp³-hybridized carbons (Fsp3) is 0.0741. The summed E-state index contributed by atoms with van der Waals surface area (Å²) in [6.07, 6.45) is 0. The highest BCUT2D eigenvalue weighted by Crippen LogP contribution is 2.42. The first-order valence-corrected chi connectivity index (χ1v) is 10.4. The van der Waals surface area contributed by atoms with Crippen LogP contribution in [0.15, 0.2) is 89.3 Å². The van der Waals surface area contributed by atoms with Crippen molar-refractivity contribution in [3.05, 3.63) is 90.7 Å². The summed E-state index contributed by atoms with van der Waals surface area (Å²) in [7, 11) is 0. The van der Waals surface area contributed by atoms with E-state index < -0.39 is 0 Å². The van der Waals surface area contributed by atoms with Crippen LogP contribution in [0.2, 0.25) is 0 Å². The summed E-state index contributed by atoms with van der Waals surface area (Å²) in [6, 6.07) is 27.0. The van der Waals surface area contributed by atoms with Gasteiger partial charge in [0, 0.05) is 17.3 Å². The minimum atomic E-state index is -0.245. The van der Waals surface area contributed by atoms with Crippen LogP contribution in [-0.2, 0) is 6.54 Å². The maximum absolute atomic E-state index is 13.5. The van der Waals surface area contributed by atoms with Crippen LogP contribution in [0.4, 0.5) is 4.39 Å². The van der Waals surface area contributed by atoms with Crippen LogP contribution in [0.3, 0.4) is 0 Å². The molecule has 4 heteroatoms. The van der Waals surface area contributed by atoms with E-state index in [1.807, 2.05) is 48.5 Å². The number of para-hydroxylation sites is 3. The Bertz CT molecular complexity index is 1570. The van der Waals surface area contributed by atoms with Crippen molar-refractivity contribution in [1.82, 2.24) is 9.55 Å². The number of imidazole rings is 1. The summed E-state index contributed by atoms with van der Waals surface area (Å²) in [5, 5.41) is 2.06. The van der Waals surface area contributed by atoms with E-state index in [1.54, 1.807) is 0 Å². The second-order valence-electron chi connectivity index (χ2n) is 7.64. The zero-order valence-corrected chi connectivity index (χ0v) is 17.0. The normalized spacial score (nSPS) is 11.7. The number of aryl methyl sites for hydroxylation is 1. The van der Waals surface area contributed by atoms with E-state index in [-0.39, 0.29) is 5.82 Å². The summed E-state index contributed by atoms with van der Waals surface area (Å²) >= 11 is 0. The highest BCUT2D eigenvalue weighted by atomic mass is 19.1. The fourth-order valence-electron chi connectivity index (χ4n) is 4.48. The van der Waals surface area contributed by atoms with Gasteiger partial charge in [0.1, 0.15) is 22.8 Å². The van der Waals surface area contributed by atoms with E-state index in [0.29, 0.717) is 0 Å². The van der Waals surface area contributed by atoms with Gasteiger partial charge in [0.05, 0.1) is 16.6 Å². The number of nitrogens with zero attached hydrogens (tertiary/aromatic N) is 2. The summed E-state index contributed by atoms with van der Waals surface area (Å²) in [5.74, 6) is 0.642. The monoisotopic (exact) mass is 406 g/mol. The largest absolute Gasteiger partial charge is 0.455 e. The van der Waals surface area contributed by atoms with E-state index in [1.165, 1.54) is 12.1 Å². The van der Waals surface area contributed by atoms with E-state index in [2.05, 4.69) is 35.8 Å². The molecule has 0 radical (unpaired) electrons. The molecule has 0 aliphatic rings. The molecule has 6 aromatic rings. The van der Waals surface area contributed by atoms with Gasteiger partial charge in [-0.15, -0.1) is 0 Å². The minimum absolute atomic E-state index is 0.245. The lowest BCUT2D eigenvalue weighted by molar-refractivity contribution is 0.628. The molecule has 2 aromatic heterocycles. The Balaban J connectivity index is 1.72. The number of aromatic nitrogens is 2. The van der Waals surface area contributed by atoms with Crippen molar-refractivity contribution < 1.29 is 8.81 Å². The Kier molecular flexibility index (Phi) is 3.93. The molecule has 0 saturated carbocycles. The zero-order valence-electron chi connectivity index (χ0n) is 17.0. The molecular weight excluding hydrogens is 387 g/mol. The van der Waals surface area contributed by atoms with Crippen molar-refractivity contribution in [2.75, 3.05) is 0 Å². The lowest BCUT2D eigenvalue weighted by Gasteiger charge is -2.10. The van der Waals surface area contributed by atoms with Crippen LogP contribution < -0.4 is 0 Å². The molecule has 2 heterocycles. The van der Waals surface area contributed by atoms with Crippen molar-refractivity contribution in [2.45, 2.75) is 13.5 Å². The molecule has 0 unspecified atom stereocenters. The summed E-state index contributed by atoms with van der Waals surface area (Å²) in [4.78, 5) is 4.94. The van der Waals surface area contributed by atoms with Crippen molar-refractivity contribution in [2.24, 2.45) is 0 Å². The molecule has 150 valence electrons. The number of hydrogen-bond donors (Lipinski definition) is 0. The second kappa shape index (κ2) is 6.81. The predicted octanol–water partition coefficient (Wildman–Crippen LogP) is 7.43. The van der Waals surface area contributed by atoms with Crippen molar-refractivity contribution in [1.29, 1.82) is 0 Å². The third kappa shape index (κ3) is 2.68. The van der Waals surface area contributed by atoms with Gasteiger partial charge >= 0.3 is 0 Å². The average molecular weight is 406 g/mol. The summed E-state index contributed by atoms with van der Waals surface area (Å²) in [6.45, 7) is 2.93. The van der Waals surface area contributed by atoms with Crippen LogP contribution in [0, 0.1) is 5.82 Å². The summed E-state index contributed by atoms with van der Waals surface area (Å²) in [5.41, 5.74) is 6.62. The van der Waals surface area contributed by atoms with Crippen molar-refractivity contribution >= 4 is 33.0 Å². The highest BCUT2D eigenvalue weighted by molar-refractivity contribution is 6.16. The van der Waals surface area contributed by atoms with E-state index >= 15 is 0 Å². The first-order valence-electron chi connectivity index (χ1n) is 10.4. The molecule has 3 nitrogen and oxygen atoms in total. The standard InChI is InChI=1S/C27H19FN2O/c1-2-30-23-9-5-4-8-22(23)29-27(30)21-16-15-19(17-11-13-18(28)14-12-17)25-20-7-3-6-10-24(20)31-26(21)25/h3-16H,2H2,1H3. The fourth-order valence-corrected chi connectivity index (χ4v) is 4.48. The molecular formula is C27H19FN2O. The van der Waals surface area contributed by atoms with E-state index in [9.17, 15) is 4.39 Å². The maximum atomic E-state index is 13.5. The van der Waals surface area contributed by atoms with Gasteiger partial charge in [-0.25, -0.2) is 9.37 Å². The maximum Gasteiger partial charge on any atom is 0.146 e. The third-order valence-corrected chi connectivity index (χ3v) is 5.89. The smallest absolute Gasteiger partial charge is 0.146 e. The summed E-state index contributed by atoms with van der Waals surface area (Å²) < 4.78 is 22.2. The van der Waals surface area contributed by atoms with Gasteiger partial charge in [-0.05, 0) is 54.4 Å². The number of rotatable bonds is 3. The third-order valence-electron chi connectivity index (χ3n) is 5.89. The molecule has 0 aliphatic carbocycles. The van der Waals surface area contributed by atoms with E-state index in [4.69, 9.17) is 9.40 Å². The lowest BCUT2D eigenvalue weighted by atomic mass is 9.97. The number of benzene rings is 4. The Morgan fingerprint density at radius 1 is 0.839 bits per heavy atom. The molecule has 4 aromatic carbocycles. The molecule has 0 N–H and O–H groups in total. The Hall–Kier alpha value is -3.92. The van der Waals surface area contributed by atoms with Gasteiger partial charge in [-0.3, -0.25) is 0 Å². The van der Waals surface area contributed by atoms with Gasteiger partial charge in [0.25, 0.3) is 0 Å². The topological polar surface area (TPSA) is 31.0 Å². The predicted molar refractivity (Wildman–Crippen MR) is 124 cm³/mol. The molecule has 0 amide bonds.